The number of Topliss-reactive ketones (excluding diaryl/α,β-unsaturated/α-hetero) is 4. The van der Waals surface area contributed by atoms with E-state index in [1.54, 1.807) is 0 Å². The Morgan fingerprint density at radius 2 is 0.626 bits per heavy atom. The first-order valence-corrected chi connectivity index (χ1v) is 45.2. The van der Waals surface area contributed by atoms with E-state index >= 15 is 0 Å². The van der Waals surface area contributed by atoms with Gasteiger partial charge in [0.05, 0.1) is 52.6 Å². The number of likely N-dealkylation sites (tertiary alicyclic amines) is 4. The van der Waals surface area contributed by atoms with E-state index in [-0.39, 0.29) is 54.8 Å². The molecule has 4 aromatic carbocycles. The first-order chi connectivity index (χ1) is 59.7. The minimum atomic E-state index is 0.127. The van der Waals surface area contributed by atoms with Crippen LogP contribution in [0.15, 0.2) is 97.1 Å². The Kier molecular flexibility index (Phi) is 31.0. The predicted molar refractivity (Wildman–Crippen MR) is 482 cm³/mol. The van der Waals surface area contributed by atoms with Gasteiger partial charge in [0.25, 0.3) is 0 Å². The highest BCUT2D eigenvalue weighted by Crippen LogP contribution is 2.38. The van der Waals surface area contributed by atoms with E-state index in [2.05, 4.69) is 191 Å². The molecule has 0 bridgehead atoms. The van der Waals surface area contributed by atoms with Gasteiger partial charge in [0.1, 0.15) is 46.5 Å². The molecule has 8 N–H and O–H groups in total. The summed E-state index contributed by atoms with van der Waals surface area (Å²) in [5, 5.41) is 0. The van der Waals surface area contributed by atoms with Gasteiger partial charge in [0, 0.05) is 100 Å². The third kappa shape index (κ3) is 25.7. The monoisotopic (exact) mass is 1680 g/mol. The van der Waals surface area contributed by atoms with Crippen molar-refractivity contribution in [2.45, 2.75) is 209 Å². The Labute approximate surface area is 725 Å². The molecule has 0 unspecified atom stereocenters. The number of rotatable bonds is 32. The van der Waals surface area contributed by atoms with Gasteiger partial charge in [0.15, 0.2) is 23.1 Å². The lowest BCUT2D eigenvalue weighted by Gasteiger charge is -2.30. The predicted octanol–water partition coefficient (Wildman–Crippen LogP) is 12.4. The maximum atomic E-state index is 12.4. The summed E-state index contributed by atoms with van der Waals surface area (Å²) in [7, 11) is 0. The molecule has 4 saturated heterocycles. The van der Waals surface area contributed by atoms with E-state index in [1.165, 1.54) is 150 Å². The van der Waals surface area contributed by atoms with Gasteiger partial charge in [0.2, 0.25) is 0 Å². The van der Waals surface area contributed by atoms with Crippen molar-refractivity contribution < 1.29 is 38.1 Å². The van der Waals surface area contributed by atoms with Crippen molar-refractivity contribution in [2.75, 3.05) is 147 Å². The normalized spacial score (nSPS) is 17.3. The number of unbranched alkanes of at least 4 members (excludes halogenated alkanes) is 2. The van der Waals surface area contributed by atoms with Crippen molar-refractivity contribution >= 4 is 69.7 Å². The van der Waals surface area contributed by atoms with Gasteiger partial charge in [-0.25, -0.2) is 0 Å². The number of ether oxygens (including phenoxy) is 4. The second-order valence-electron chi connectivity index (χ2n) is 35.6. The van der Waals surface area contributed by atoms with Crippen molar-refractivity contribution in [3.05, 3.63) is 164 Å². The molecule has 0 radical (unpaired) electrons. The Bertz CT molecular complexity index is 4760. The van der Waals surface area contributed by atoms with E-state index in [9.17, 15) is 19.2 Å². The summed E-state index contributed by atoms with van der Waals surface area (Å²) in [6.07, 6.45) is 19.2. The largest absolute Gasteiger partial charge is 0.463 e. The summed E-state index contributed by atoms with van der Waals surface area (Å²) in [6.45, 7) is 29.9. The zero-order valence-corrected chi connectivity index (χ0v) is 73.1. The molecule has 12 heterocycles. The molecule has 8 aliphatic heterocycles. The number of carbonyl (C=O) groups excluding carboxylic acids is 4. The number of hydrogen-bond donors (Lipinski definition) is 4. The third-order valence-corrected chi connectivity index (χ3v) is 23.9. The van der Waals surface area contributed by atoms with Crippen LogP contribution in [0, 0.1) is 17.8 Å². The second-order valence-corrected chi connectivity index (χ2v) is 35.6. The molecular weight excluding hydrogens is 1550 g/mol. The van der Waals surface area contributed by atoms with Crippen molar-refractivity contribution in [2.24, 2.45) is 17.8 Å². The van der Waals surface area contributed by atoms with Crippen LogP contribution in [0.2, 0.25) is 0 Å². The van der Waals surface area contributed by atoms with Crippen LogP contribution in [-0.4, -0.2) is 188 Å². The van der Waals surface area contributed by atoms with Crippen LogP contribution in [0.4, 0.5) is 46.5 Å². The molecule has 9 aliphatic rings. The number of aromatic nitrogens is 8. The number of nitrogens with two attached hydrogens (primary N) is 4. The molecule has 28 heteroatoms. The molecule has 1 saturated carbocycles. The highest BCUT2D eigenvalue weighted by molar-refractivity contribution is 5.93. The third-order valence-electron chi connectivity index (χ3n) is 23.9. The zero-order chi connectivity index (χ0) is 85.7. The number of hydrogen-bond acceptors (Lipinski definition) is 28. The van der Waals surface area contributed by atoms with Crippen LogP contribution in [0.1, 0.15) is 198 Å². The van der Waals surface area contributed by atoms with E-state index in [4.69, 9.17) is 41.9 Å². The average Bonchev–Trinajstić information content (AvgIpc) is 0.969. The molecule has 656 valence electrons. The molecule has 8 aromatic rings. The number of nitrogens with zero attached hydrogens (tertiary/aromatic N) is 16. The Hall–Kier alpha value is -10.7. The van der Waals surface area contributed by atoms with Gasteiger partial charge in [-0.3, -0.25) is 38.8 Å². The van der Waals surface area contributed by atoms with Gasteiger partial charge in [-0.1, -0.05) is 157 Å². The number of ketones is 4. The molecule has 4 aromatic heterocycles. The summed E-state index contributed by atoms with van der Waals surface area (Å²) in [5.41, 5.74) is 37.5. The summed E-state index contributed by atoms with van der Waals surface area (Å²) in [4.78, 5) is 103. The summed E-state index contributed by atoms with van der Waals surface area (Å²) >= 11 is 0. The molecule has 1 aliphatic carbocycles. The van der Waals surface area contributed by atoms with Crippen molar-refractivity contribution in [3.63, 3.8) is 0 Å². The fourth-order valence-electron chi connectivity index (χ4n) is 17.4. The van der Waals surface area contributed by atoms with E-state index < -0.39 is 0 Å². The fourth-order valence-corrected chi connectivity index (χ4v) is 17.4. The van der Waals surface area contributed by atoms with Crippen LogP contribution < -0.4 is 61.5 Å². The first-order valence-electron chi connectivity index (χ1n) is 45.2. The Morgan fingerprint density at radius 3 is 0.902 bits per heavy atom. The maximum Gasteiger partial charge on any atom is 0.320 e. The SMILES string of the molecule is CC(C)CCOc1nc(N)c2c(n1)N(Cc1cccc(CN3CCCC3)c1)CC(=O)C2.CC(C)COc1nc(N)c2c(n1)N(Cc1cccc(CN3CCCC3)c1)CC(=O)C2.CCCCCOc1nc(N)c2c(n1)N(Cc1cccc(CN3CCCC3)c1)CC(=O)C2.Nc1nc(OCCC2CC2)nc2c1CC(=O)CN2Cc1cccc(CN2CCCC2)c1. The van der Waals surface area contributed by atoms with Gasteiger partial charge in [-0.05, 0) is 185 Å². The van der Waals surface area contributed by atoms with Crippen molar-refractivity contribution in [1.82, 2.24) is 59.5 Å². The van der Waals surface area contributed by atoms with E-state index in [1.807, 2.05) is 19.6 Å². The summed E-state index contributed by atoms with van der Waals surface area (Å²) in [6, 6.07) is 35.7. The number of fused-ring (bicyclic) bond motifs is 4. The molecule has 5 fully saturated rings. The maximum absolute atomic E-state index is 12.4. The van der Waals surface area contributed by atoms with E-state index in [0.717, 1.165) is 98.3 Å². The highest BCUT2D eigenvalue weighted by atomic mass is 16.5. The zero-order valence-electron chi connectivity index (χ0n) is 73.1. The van der Waals surface area contributed by atoms with Crippen LogP contribution >= 0.6 is 0 Å². The van der Waals surface area contributed by atoms with Crippen molar-refractivity contribution in [1.29, 1.82) is 0 Å². The minimum Gasteiger partial charge on any atom is -0.463 e. The average molecular weight is 1680 g/mol. The topological polar surface area (TPSA) is 338 Å². The standard InChI is InChI=1S/C24H31N5O2.2C24H33N5O2.C23H31N5O2/c25-22-21-13-20(30)16-29(23(21)27-24(26-22)31-11-8-17-6-7-17)15-19-5-3-4-18(12-19)14-28-9-1-2-10-28;1-17(2)8-11-31-24-26-22(25)21-13-20(30)16-29(23(21)27-24)15-19-7-5-6-18(12-19)14-28-9-3-4-10-28;1-2-3-6-12-31-24-26-22(25)21-14-20(30)17-29(23(21)27-24)16-19-9-7-8-18(13-19)15-28-10-4-5-11-28;1-16(2)15-30-23-25-21(24)20-11-19(29)14-28(22(20)26-23)13-18-7-5-6-17(10-18)12-27-8-3-4-9-27/h3-5,12,17H,1-2,6-11,13-16H2,(H2,25,26,27);5-7,12,17H,3-4,8-11,13-16H2,1-2H3,(H2,25,26,27);7-9,13H,2-6,10-12,14-17H2,1H3,(H2,25,26,27);5-7,10,16H,3-4,8-9,11-15H2,1-2H3,(H2,24,25,26). The second kappa shape index (κ2) is 43.1. The molecule has 0 atom stereocenters. The number of benzene rings is 4. The molecule has 28 nitrogen and oxygen atoms in total. The quantitative estimate of drug-likeness (QED) is 0.0285. The van der Waals surface area contributed by atoms with Gasteiger partial charge in [-0.2, -0.15) is 39.9 Å². The first kappa shape index (κ1) is 88.6. The summed E-state index contributed by atoms with van der Waals surface area (Å²) < 4.78 is 23.0. The van der Waals surface area contributed by atoms with Crippen molar-refractivity contribution in [3.8, 4) is 24.0 Å². The van der Waals surface area contributed by atoms with Gasteiger partial charge in [-0.15, -0.1) is 0 Å². The highest BCUT2D eigenvalue weighted by Gasteiger charge is 2.34. The Morgan fingerprint density at radius 1 is 0.350 bits per heavy atom. The number of anilines is 8. The van der Waals surface area contributed by atoms with Crippen LogP contribution in [0.5, 0.6) is 24.0 Å². The van der Waals surface area contributed by atoms with Crippen LogP contribution in [0.25, 0.3) is 0 Å². The minimum absolute atomic E-state index is 0.127. The lowest BCUT2D eigenvalue weighted by molar-refractivity contribution is -0.118. The lowest BCUT2D eigenvalue weighted by Crippen LogP contribution is -2.36. The molecule has 0 spiro atoms. The molecule has 0 amide bonds. The lowest BCUT2D eigenvalue weighted by atomic mass is 10.0. The molecule has 123 heavy (non-hydrogen) atoms. The summed E-state index contributed by atoms with van der Waals surface area (Å²) in [5.74, 6) is 6.48. The van der Waals surface area contributed by atoms with Gasteiger partial charge < -0.3 is 61.5 Å². The fraction of sp³-hybridized carbons (Fsp3) is 0.537. The number of carbonyl (C=O) groups is 4. The van der Waals surface area contributed by atoms with Crippen LogP contribution in [0.3, 0.4) is 0 Å². The van der Waals surface area contributed by atoms with Gasteiger partial charge >= 0.3 is 24.0 Å². The van der Waals surface area contributed by atoms with Crippen LogP contribution in [-0.2, 0) is 97.2 Å². The molecular formula is C95H128N20O8. The smallest absolute Gasteiger partial charge is 0.320 e. The molecule has 17 rings (SSSR count). The Balaban J connectivity index is 0.000000134. The van der Waals surface area contributed by atoms with E-state index in [0.29, 0.717) is 154 Å². The number of nitrogen functional groups attached to an aromatic ring is 4.